The van der Waals surface area contributed by atoms with E-state index in [2.05, 4.69) is 20.8 Å². The fourth-order valence-corrected chi connectivity index (χ4v) is 7.29. The van der Waals surface area contributed by atoms with Crippen molar-refractivity contribution in [3.05, 3.63) is 0 Å². The highest BCUT2D eigenvalue weighted by atomic mass is 16.4. The Hall–Kier alpha value is -2.43. The lowest BCUT2D eigenvalue weighted by Gasteiger charge is -2.02. The monoisotopic (exact) mass is 1410 g/mol. The van der Waals surface area contributed by atoms with E-state index in [1.165, 1.54) is 212 Å². The van der Waals surface area contributed by atoms with Gasteiger partial charge in [-0.2, -0.15) is 0 Å². The van der Waals surface area contributed by atoms with Gasteiger partial charge in [-0.1, -0.05) is 252 Å². The van der Waals surface area contributed by atoms with Crippen molar-refractivity contribution in [3.63, 3.8) is 0 Å². The second-order valence-electron chi connectivity index (χ2n) is 23.3. The van der Waals surface area contributed by atoms with Crippen molar-refractivity contribution in [2.75, 3.05) is 92.5 Å². The number of hydrogen-bond donors (Lipinski definition) is 24. The van der Waals surface area contributed by atoms with E-state index in [0.717, 1.165) is 38.5 Å². The molecule has 0 aromatic rings. The first-order chi connectivity index (χ1) is 46.0. The zero-order valence-corrected chi connectivity index (χ0v) is 60.1. The molecule has 0 aromatic heterocycles. The minimum Gasteiger partial charge on any atom is -0.481 e. The zero-order chi connectivity index (χ0) is 75.4. The van der Waals surface area contributed by atoms with Gasteiger partial charge in [0.1, 0.15) is 42.7 Å². The van der Waals surface area contributed by atoms with Gasteiger partial charge in [0.25, 0.3) is 0 Å². The number of carboxylic acids is 3. The number of hydrogen-bond acceptors (Lipinski definition) is 24. The van der Waals surface area contributed by atoms with Crippen LogP contribution in [0.1, 0.15) is 290 Å². The Bertz CT molecular complexity index is 1100. The number of unbranched alkanes of at least 4 members (excludes halogenated alkanes) is 36. The molecule has 0 heterocycles. The summed E-state index contributed by atoms with van der Waals surface area (Å²) in [5, 5.41) is 194. The number of rotatable bonds is 56. The molecule has 96 heavy (non-hydrogen) atoms. The van der Waals surface area contributed by atoms with Crippen LogP contribution >= 0.6 is 0 Å². The summed E-state index contributed by atoms with van der Waals surface area (Å²) in [6.07, 6.45) is 45.1. The van der Waals surface area contributed by atoms with Gasteiger partial charge in [0.2, 0.25) is 0 Å². The Labute approximate surface area is 578 Å². The zero-order valence-electron chi connectivity index (χ0n) is 60.1. The van der Waals surface area contributed by atoms with Crippen LogP contribution < -0.4 is 0 Å². The second-order valence-corrected chi connectivity index (χ2v) is 23.3. The van der Waals surface area contributed by atoms with Gasteiger partial charge in [0.15, 0.2) is 0 Å². The quantitative estimate of drug-likeness (QED) is 0.0357. The van der Waals surface area contributed by atoms with E-state index in [9.17, 15) is 14.4 Å². The molecule has 27 heteroatoms. The summed E-state index contributed by atoms with van der Waals surface area (Å²) in [5.41, 5.74) is 0. The molecule has 0 bridgehead atoms. The second kappa shape index (κ2) is 111. The third-order valence-electron chi connectivity index (χ3n) is 13.4. The van der Waals surface area contributed by atoms with Crippen LogP contribution in [-0.4, -0.2) is 276 Å². The van der Waals surface area contributed by atoms with Gasteiger partial charge >= 0.3 is 17.9 Å². The first-order valence-corrected chi connectivity index (χ1v) is 35.9. The van der Waals surface area contributed by atoms with Crippen LogP contribution in [0.2, 0.25) is 0 Å². The standard InChI is InChI=1S/3C16H32O2.7C3H8O3/c3*1-2-3-4-5-6-7-8-9-10-11-12-13-14-15-16(17)18;7*4-1-3(6)2-5/h3*2-15H2,1H3,(H,17,18);7*3-6H,1-2H2. The van der Waals surface area contributed by atoms with Crippen molar-refractivity contribution in [1.82, 2.24) is 0 Å². The van der Waals surface area contributed by atoms with Crippen molar-refractivity contribution < 1.29 is 137 Å². The molecule has 0 saturated heterocycles. The highest BCUT2D eigenvalue weighted by molar-refractivity contribution is 5.67. The minimum absolute atomic E-state index is 0.345. The molecule has 0 aliphatic carbocycles. The summed E-state index contributed by atoms with van der Waals surface area (Å²) in [5.74, 6) is -1.96. The number of aliphatic carboxylic acids is 3. The van der Waals surface area contributed by atoms with Crippen LogP contribution in [0.15, 0.2) is 0 Å². The lowest BCUT2D eigenvalue weighted by molar-refractivity contribution is -0.138. The summed E-state index contributed by atoms with van der Waals surface area (Å²) in [6.45, 7) is 1.68. The van der Waals surface area contributed by atoms with Crippen LogP contribution in [0.3, 0.4) is 0 Å². The highest BCUT2D eigenvalue weighted by Gasteiger charge is 2.02. The average molecular weight is 1410 g/mol. The largest absolute Gasteiger partial charge is 0.481 e. The van der Waals surface area contributed by atoms with Crippen molar-refractivity contribution in [2.24, 2.45) is 0 Å². The van der Waals surface area contributed by atoms with Crippen molar-refractivity contribution >= 4 is 17.9 Å². The first kappa shape index (κ1) is 115. The van der Waals surface area contributed by atoms with Crippen molar-refractivity contribution in [1.29, 1.82) is 0 Å². The van der Waals surface area contributed by atoms with Gasteiger partial charge < -0.3 is 123 Å². The maximum atomic E-state index is 10.3. The van der Waals surface area contributed by atoms with Gasteiger partial charge in [-0.15, -0.1) is 0 Å². The van der Waals surface area contributed by atoms with Crippen LogP contribution in [0.4, 0.5) is 0 Å². The van der Waals surface area contributed by atoms with E-state index in [1.54, 1.807) is 0 Å². The average Bonchev–Trinajstić information content (AvgIpc) is 3.61. The van der Waals surface area contributed by atoms with Gasteiger partial charge in [0, 0.05) is 19.3 Å². The molecule has 0 aliphatic rings. The molecular formula is C69H152O27. The van der Waals surface area contributed by atoms with Gasteiger partial charge in [-0.3, -0.25) is 14.4 Å². The van der Waals surface area contributed by atoms with Crippen LogP contribution in [0.5, 0.6) is 0 Å². The molecule has 0 aromatic carbocycles. The van der Waals surface area contributed by atoms with E-state index >= 15 is 0 Å². The molecular weight excluding hydrogens is 1260 g/mol. The van der Waals surface area contributed by atoms with Crippen molar-refractivity contribution in [2.45, 2.75) is 333 Å². The Balaban J connectivity index is -0.000000112. The Morgan fingerprint density at radius 1 is 0.177 bits per heavy atom. The van der Waals surface area contributed by atoms with E-state index in [0.29, 0.717) is 19.3 Å². The van der Waals surface area contributed by atoms with E-state index < -0.39 is 60.6 Å². The number of aliphatic hydroxyl groups is 21. The molecule has 0 saturated carbocycles. The molecule has 27 nitrogen and oxygen atoms in total. The highest BCUT2D eigenvalue weighted by Crippen LogP contribution is 2.16. The Morgan fingerprint density at radius 2 is 0.260 bits per heavy atom. The van der Waals surface area contributed by atoms with Crippen molar-refractivity contribution in [3.8, 4) is 0 Å². The molecule has 0 amide bonds. The fourth-order valence-electron chi connectivity index (χ4n) is 7.29. The molecule has 0 radical (unpaired) electrons. The Morgan fingerprint density at radius 3 is 0.323 bits per heavy atom. The van der Waals surface area contributed by atoms with Crippen LogP contribution in [0, 0.1) is 0 Å². The summed E-state index contributed by atoms with van der Waals surface area (Å²) < 4.78 is 0. The molecule has 0 atom stereocenters. The lowest BCUT2D eigenvalue weighted by atomic mass is 10.0. The van der Waals surface area contributed by atoms with Crippen LogP contribution in [-0.2, 0) is 14.4 Å². The molecule has 0 aliphatic heterocycles. The third-order valence-corrected chi connectivity index (χ3v) is 13.4. The van der Waals surface area contributed by atoms with Gasteiger partial charge in [-0.05, 0) is 19.3 Å². The predicted octanol–water partition coefficient (Wildman–Crippen LogP) is 4.98. The van der Waals surface area contributed by atoms with E-state index in [-0.39, 0.29) is 92.5 Å². The van der Waals surface area contributed by atoms with Crippen LogP contribution in [0.25, 0.3) is 0 Å². The van der Waals surface area contributed by atoms with E-state index in [4.69, 9.17) is 123 Å². The summed E-state index contributed by atoms with van der Waals surface area (Å²) in [4.78, 5) is 30.9. The number of carbonyl (C=O) groups is 3. The topological polar surface area (TPSA) is 537 Å². The van der Waals surface area contributed by atoms with Gasteiger partial charge in [-0.25, -0.2) is 0 Å². The van der Waals surface area contributed by atoms with Gasteiger partial charge in [0.05, 0.1) is 92.5 Å². The maximum Gasteiger partial charge on any atom is 0.303 e. The first-order valence-electron chi connectivity index (χ1n) is 35.9. The molecule has 0 fully saturated rings. The summed E-state index contributed by atoms with van der Waals surface area (Å²) in [7, 11) is 0. The Kier molecular flexibility index (Phi) is 133. The predicted molar refractivity (Wildman–Crippen MR) is 375 cm³/mol. The molecule has 0 rings (SSSR count). The maximum absolute atomic E-state index is 10.3. The third kappa shape index (κ3) is 151. The smallest absolute Gasteiger partial charge is 0.303 e. The molecule has 0 unspecified atom stereocenters. The minimum atomic E-state index is -0.954. The normalized spacial score (nSPS) is 10.4. The summed E-state index contributed by atoms with van der Waals surface area (Å²) >= 11 is 0. The molecule has 590 valence electrons. The molecule has 0 spiro atoms. The lowest BCUT2D eigenvalue weighted by Crippen LogP contribution is -2.15. The van der Waals surface area contributed by atoms with E-state index in [1.807, 2.05) is 0 Å². The number of aliphatic hydroxyl groups excluding tert-OH is 21. The number of carboxylic acid groups (broad SMARTS) is 3. The SMILES string of the molecule is CCCCCCCCCCCCCCCC(=O)O.CCCCCCCCCCCCCCCC(=O)O.CCCCCCCCCCCCCCCC(=O)O.OCC(O)CO.OCC(O)CO.OCC(O)CO.OCC(O)CO.OCC(O)CO.OCC(O)CO.OCC(O)CO. The molecule has 24 N–H and O–H groups in total. The summed E-state index contributed by atoms with van der Waals surface area (Å²) in [6, 6.07) is 0. The fraction of sp³-hybridized carbons (Fsp3) is 0.957.